The number of benzene rings is 4. The minimum atomic E-state index is -1.72. The van der Waals surface area contributed by atoms with Gasteiger partial charge in [0.25, 0.3) is 5.56 Å². The van der Waals surface area contributed by atoms with Crippen molar-refractivity contribution in [3.8, 4) is 23.0 Å². The van der Waals surface area contributed by atoms with Crippen LogP contribution in [0.2, 0.25) is 0 Å². The monoisotopic (exact) mass is 678 g/mol. The van der Waals surface area contributed by atoms with Gasteiger partial charge in [0.05, 0.1) is 38.4 Å². The summed E-state index contributed by atoms with van der Waals surface area (Å²) in [6.07, 6.45) is -4.89. The number of aromatic nitrogens is 4. The summed E-state index contributed by atoms with van der Waals surface area (Å²) in [5, 5.41) is 34.2. The number of aromatic amines is 1. The van der Waals surface area contributed by atoms with Gasteiger partial charge in [-0.3, -0.25) is 9.78 Å². The summed E-state index contributed by atoms with van der Waals surface area (Å²) >= 11 is 0. The first kappa shape index (κ1) is 34.5. The van der Waals surface area contributed by atoms with E-state index in [4.69, 9.17) is 14.2 Å². The summed E-state index contributed by atoms with van der Waals surface area (Å²) in [7, 11) is 3.16. The van der Waals surface area contributed by atoms with Crippen LogP contribution in [0.4, 0.5) is 0 Å². The maximum absolute atomic E-state index is 12.7. The second-order valence-electron chi connectivity index (χ2n) is 12.1. The van der Waals surface area contributed by atoms with E-state index in [0.717, 1.165) is 27.8 Å². The van der Waals surface area contributed by atoms with Crippen LogP contribution in [0.3, 0.4) is 0 Å². The average Bonchev–Trinajstić information content (AvgIpc) is 3.13. The number of ether oxygens (including phenoxy) is 3. The highest BCUT2D eigenvalue weighted by atomic mass is 16.5. The van der Waals surface area contributed by atoms with E-state index in [9.17, 15) is 24.9 Å². The van der Waals surface area contributed by atoms with Crippen LogP contribution in [0.1, 0.15) is 27.8 Å². The Labute approximate surface area is 287 Å². The standard InChI is InChI=1S/C38H38N4O8/c1-22-18-29-30(19-23(22)2)42(35-33(39-29)36(46)41-37(47)40-35)20-31(43)34(45)32(44)21-50-38(24-8-6-5-7-9-24,25-10-14-27(48-3)15-11-25)26-12-16-28(49-4)17-13-26/h5-19,31-32,34,43-45H,20-21H2,1-4H3,(H,41,46,47)/t31-,32+,34-/m0/s1. The molecule has 2 aliphatic rings. The fourth-order valence-electron chi connectivity index (χ4n) is 6.17. The quantitative estimate of drug-likeness (QED) is 0.111. The Morgan fingerprint density at radius 3 is 1.90 bits per heavy atom. The third kappa shape index (κ3) is 6.49. The molecule has 0 saturated heterocycles. The molecule has 258 valence electrons. The van der Waals surface area contributed by atoms with Gasteiger partial charge in [-0.15, -0.1) is 0 Å². The molecule has 0 spiro atoms. The van der Waals surface area contributed by atoms with Gasteiger partial charge >= 0.3 is 5.69 Å². The van der Waals surface area contributed by atoms with E-state index >= 15 is 0 Å². The van der Waals surface area contributed by atoms with Crippen LogP contribution in [-0.4, -0.2) is 74.0 Å². The largest absolute Gasteiger partial charge is 0.497 e. The number of nitrogens with one attached hydrogen (secondary N) is 1. The first-order chi connectivity index (χ1) is 24.0. The van der Waals surface area contributed by atoms with Crippen LogP contribution >= 0.6 is 0 Å². The topological polar surface area (TPSA) is 169 Å². The number of H-pyrrole nitrogens is 1. The molecular formula is C38H38N4O8. The molecule has 0 saturated carbocycles. The minimum Gasteiger partial charge on any atom is -0.497 e. The Morgan fingerprint density at radius 1 is 0.760 bits per heavy atom. The van der Waals surface area contributed by atoms with Gasteiger partial charge in [0.1, 0.15) is 35.4 Å². The number of hydrogen-bond acceptors (Lipinski definition) is 10. The average molecular weight is 679 g/mol. The number of hydrogen-bond donors (Lipinski definition) is 4. The van der Waals surface area contributed by atoms with Crippen molar-refractivity contribution in [2.24, 2.45) is 0 Å². The fourth-order valence-corrected chi connectivity index (χ4v) is 6.17. The highest BCUT2D eigenvalue weighted by Crippen LogP contribution is 2.42. The molecule has 0 fully saturated rings. The van der Waals surface area contributed by atoms with Crippen molar-refractivity contribution in [2.45, 2.75) is 44.3 Å². The van der Waals surface area contributed by atoms with Crippen LogP contribution in [0.25, 0.3) is 22.6 Å². The van der Waals surface area contributed by atoms with Crippen molar-refractivity contribution in [1.29, 1.82) is 0 Å². The van der Waals surface area contributed by atoms with E-state index in [0.29, 0.717) is 22.5 Å². The minimum absolute atomic E-state index is 0.0615. The zero-order valence-corrected chi connectivity index (χ0v) is 28.0. The van der Waals surface area contributed by atoms with E-state index in [-0.39, 0.29) is 18.1 Å². The Morgan fingerprint density at radius 2 is 1.32 bits per heavy atom. The van der Waals surface area contributed by atoms with E-state index in [1.165, 1.54) is 4.57 Å². The molecule has 0 aliphatic carbocycles. The number of rotatable bonds is 12. The molecule has 4 aromatic rings. The van der Waals surface area contributed by atoms with E-state index < -0.39 is 41.8 Å². The summed E-state index contributed by atoms with van der Waals surface area (Å²) in [5.41, 5.74) is 1.95. The molecule has 0 aromatic heterocycles. The predicted molar refractivity (Wildman–Crippen MR) is 187 cm³/mol. The third-order valence-corrected chi connectivity index (χ3v) is 9.03. The number of aryl methyl sites for hydroxylation is 2. The summed E-state index contributed by atoms with van der Waals surface area (Å²) in [5.74, 6) is 1.22. The number of fused-ring (bicyclic) bond motifs is 2. The van der Waals surface area contributed by atoms with E-state index in [1.807, 2.05) is 92.7 Å². The van der Waals surface area contributed by atoms with Gasteiger partial charge in [-0.05, 0) is 78.1 Å². The third-order valence-electron chi connectivity index (χ3n) is 9.03. The molecule has 50 heavy (non-hydrogen) atoms. The Balaban J connectivity index is 1.36. The predicted octanol–water partition coefficient (Wildman–Crippen LogP) is 3.31. The molecule has 12 nitrogen and oxygen atoms in total. The van der Waals surface area contributed by atoms with Crippen molar-refractivity contribution in [2.75, 3.05) is 20.8 Å². The lowest BCUT2D eigenvalue weighted by molar-refractivity contribution is -0.112. The number of methoxy groups -OCH3 is 2. The molecule has 2 heterocycles. The lowest BCUT2D eigenvalue weighted by atomic mass is 9.80. The molecular weight excluding hydrogens is 640 g/mol. The lowest BCUT2D eigenvalue weighted by Crippen LogP contribution is -2.45. The first-order valence-electron chi connectivity index (χ1n) is 16.0. The van der Waals surface area contributed by atoms with Crippen molar-refractivity contribution in [3.05, 3.63) is 140 Å². The molecule has 0 radical (unpaired) electrons. The Kier molecular flexibility index (Phi) is 9.80. The second kappa shape index (κ2) is 14.2. The van der Waals surface area contributed by atoms with Crippen molar-refractivity contribution < 1.29 is 29.5 Å². The summed E-state index contributed by atoms with van der Waals surface area (Å²) in [6.45, 7) is 3.06. The fraction of sp³-hybridized carbons (Fsp3) is 0.263. The maximum Gasteiger partial charge on any atom is 0.349 e. The highest BCUT2D eigenvalue weighted by Gasteiger charge is 2.39. The van der Waals surface area contributed by atoms with Gasteiger partial charge in [0, 0.05) is 0 Å². The molecule has 3 atom stereocenters. The van der Waals surface area contributed by atoms with Crippen LogP contribution in [-0.2, 0) is 16.9 Å². The summed E-state index contributed by atoms with van der Waals surface area (Å²) < 4.78 is 19.0. The molecule has 0 amide bonds. The number of nitrogens with zero attached hydrogens (tertiary/aromatic N) is 3. The Hall–Kier alpha value is -5.40. The normalized spacial score (nSPS) is 13.7. The lowest BCUT2D eigenvalue weighted by Gasteiger charge is -2.37. The van der Waals surface area contributed by atoms with Crippen molar-refractivity contribution in [3.63, 3.8) is 0 Å². The van der Waals surface area contributed by atoms with Crippen molar-refractivity contribution in [1.82, 2.24) is 19.5 Å². The molecule has 12 heteroatoms. The van der Waals surface area contributed by atoms with Gasteiger partial charge in [-0.25, -0.2) is 9.78 Å². The van der Waals surface area contributed by atoms with Gasteiger partial charge in [0.15, 0.2) is 11.5 Å². The van der Waals surface area contributed by atoms with E-state index in [2.05, 4.69) is 15.0 Å². The van der Waals surface area contributed by atoms with Gasteiger partial charge < -0.3 is 34.1 Å². The van der Waals surface area contributed by atoms with Gasteiger partial charge in [0.2, 0.25) is 0 Å². The van der Waals surface area contributed by atoms with Crippen LogP contribution in [0.5, 0.6) is 11.5 Å². The molecule has 0 bridgehead atoms. The molecule has 2 aliphatic heterocycles. The highest BCUT2D eigenvalue weighted by molar-refractivity contribution is 5.81. The van der Waals surface area contributed by atoms with Crippen LogP contribution < -0.4 is 20.7 Å². The van der Waals surface area contributed by atoms with E-state index in [1.54, 1.807) is 26.4 Å². The zero-order valence-electron chi connectivity index (χ0n) is 28.0. The summed E-state index contributed by atoms with van der Waals surface area (Å²) in [4.78, 5) is 35.5. The maximum atomic E-state index is 12.7. The SMILES string of the molecule is COc1ccc(C(OC[C@@H](O)[C@@H](O)[C@@H](O)Cn2c3nc(=O)[nH]c(=O)c-3nc3cc(C)c(C)cc32)(c2ccccc2)c2ccc(OC)cc2)cc1. The van der Waals surface area contributed by atoms with Gasteiger partial charge in [-0.1, -0.05) is 54.6 Å². The molecule has 0 unspecified atom stereocenters. The smallest absolute Gasteiger partial charge is 0.349 e. The number of aliphatic hydroxyl groups is 3. The molecule has 4 aromatic carbocycles. The Bertz CT molecular complexity index is 2140. The first-order valence-corrected chi connectivity index (χ1v) is 16.0. The molecule has 6 rings (SSSR count). The zero-order chi connectivity index (χ0) is 35.6. The second-order valence-corrected chi connectivity index (χ2v) is 12.1. The van der Waals surface area contributed by atoms with Crippen LogP contribution in [0, 0.1) is 13.8 Å². The molecule has 4 N–H and O–H groups in total. The van der Waals surface area contributed by atoms with Crippen molar-refractivity contribution >= 4 is 11.0 Å². The van der Waals surface area contributed by atoms with Crippen LogP contribution in [0.15, 0.2) is 101 Å². The number of aliphatic hydroxyl groups excluding tert-OH is 3. The van der Waals surface area contributed by atoms with Gasteiger partial charge in [-0.2, -0.15) is 4.98 Å². The summed E-state index contributed by atoms with van der Waals surface area (Å²) in [6, 6.07) is 27.8.